The quantitative estimate of drug-likeness (QED) is 0.310. The second kappa shape index (κ2) is 10.2. The molecule has 0 amide bonds. The van der Waals surface area contributed by atoms with Crippen molar-refractivity contribution in [2.45, 2.75) is 111 Å². The number of aliphatic hydroxyl groups is 3. The Balaban J connectivity index is 1.36. The molecular formula is C37H52O7. The number of rotatable bonds is 4. The minimum Gasteiger partial charge on any atom is -0.458 e. The highest BCUT2D eigenvalue weighted by atomic mass is 16.5. The van der Waals surface area contributed by atoms with Gasteiger partial charge >= 0.3 is 5.97 Å². The Morgan fingerprint density at radius 1 is 0.886 bits per heavy atom. The van der Waals surface area contributed by atoms with Crippen molar-refractivity contribution in [2.24, 2.45) is 56.2 Å². The molecule has 5 saturated carbocycles. The third-order valence-electron chi connectivity index (χ3n) is 15.1. The second-order valence-electron chi connectivity index (χ2n) is 17.0. The highest BCUT2D eigenvalue weighted by Gasteiger charge is 2.74. The highest BCUT2D eigenvalue weighted by molar-refractivity contribution is 5.89. The first-order valence-corrected chi connectivity index (χ1v) is 16.8. The van der Waals surface area contributed by atoms with Crippen molar-refractivity contribution in [3.8, 4) is 0 Å². The number of fused-ring (bicyclic) bond motifs is 7. The van der Waals surface area contributed by atoms with Crippen LogP contribution in [0.5, 0.6) is 0 Å². The number of benzene rings is 1. The van der Waals surface area contributed by atoms with E-state index in [1.54, 1.807) is 24.3 Å². The van der Waals surface area contributed by atoms with E-state index in [2.05, 4.69) is 20.8 Å². The van der Waals surface area contributed by atoms with Crippen LogP contribution in [0.3, 0.4) is 0 Å². The van der Waals surface area contributed by atoms with Crippen LogP contribution in [0.15, 0.2) is 30.3 Å². The first-order chi connectivity index (χ1) is 20.5. The average Bonchev–Trinajstić information content (AvgIpc) is 2.99. The molecule has 0 heterocycles. The van der Waals surface area contributed by atoms with Crippen LogP contribution < -0.4 is 0 Å². The number of carbonyl (C=O) groups excluding carboxylic acids is 3. The van der Waals surface area contributed by atoms with Crippen LogP contribution in [0.1, 0.15) is 103 Å². The maximum atomic E-state index is 14.6. The number of aliphatic hydroxyl groups excluding tert-OH is 3. The molecule has 242 valence electrons. The number of hydrogen-bond acceptors (Lipinski definition) is 7. The van der Waals surface area contributed by atoms with Crippen LogP contribution in [0, 0.1) is 56.2 Å². The Morgan fingerprint density at radius 2 is 1.57 bits per heavy atom. The van der Waals surface area contributed by atoms with Gasteiger partial charge in [0.15, 0.2) is 0 Å². The summed E-state index contributed by atoms with van der Waals surface area (Å²) in [5.41, 5.74) is -2.83. The average molecular weight is 609 g/mol. The molecule has 0 bridgehead atoms. The van der Waals surface area contributed by atoms with Gasteiger partial charge in [-0.3, -0.25) is 4.79 Å². The zero-order valence-electron chi connectivity index (χ0n) is 27.3. The maximum Gasteiger partial charge on any atom is 0.338 e. The van der Waals surface area contributed by atoms with E-state index < -0.39 is 45.9 Å². The predicted molar refractivity (Wildman–Crippen MR) is 165 cm³/mol. The van der Waals surface area contributed by atoms with Crippen LogP contribution in [-0.4, -0.2) is 58.3 Å². The van der Waals surface area contributed by atoms with Crippen LogP contribution in [0.4, 0.5) is 0 Å². The molecule has 5 aliphatic rings. The molecule has 0 spiro atoms. The van der Waals surface area contributed by atoms with E-state index >= 15 is 0 Å². The van der Waals surface area contributed by atoms with Crippen LogP contribution >= 0.6 is 0 Å². The van der Waals surface area contributed by atoms with Crippen molar-refractivity contribution < 1.29 is 34.4 Å². The Bertz CT molecular complexity index is 1330. The molecule has 0 aromatic heterocycles. The summed E-state index contributed by atoms with van der Waals surface area (Å²) in [6.45, 7) is 12.6. The fourth-order valence-electron chi connectivity index (χ4n) is 12.0. The summed E-state index contributed by atoms with van der Waals surface area (Å²) in [6.07, 6.45) is 3.63. The summed E-state index contributed by atoms with van der Waals surface area (Å²) in [7, 11) is 0. The van der Waals surface area contributed by atoms with E-state index in [1.807, 2.05) is 26.8 Å². The van der Waals surface area contributed by atoms with Crippen molar-refractivity contribution in [3.63, 3.8) is 0 Å². The van der Waals surface area contributed by atoms with Gasteiger partial charge in [0.2, 0.25) is 0 Å². The predicted octanol–water partition coefficient (Wildman–Crippen LogP) is 5.39. The molecule has 7 heteroatoms. The van der Waals surface area contributed by atoms with Crippen LogP contribution in [-0.2, 0) is 14.3 Å². The molecule has 1 aromatic rings. The third kappa shape index (κ3) is 4.07. The second-order valence-corrected chi connectivity index (χ2v) is 17.0. The SMILES string of the molecule is C[C@]12CCC(O)[C@@](C)(CO)[C@@H]1CC[C@]1(C)[C@@H]2CC(=O)[C@@H]2[C@@H]3C[C@@](C)(C=O)C(OC(=O)c4ccccc4)C[C@]3(C)C(O)C[C@]21C. The van der Waals surface area contributed by atoms with E-state index in [0.717, 1.165) is 25.5 Å². The summed E-state index contributed by atoms with van der Waals surface area (Å²) in [5.74, 6) is -0.655. The number of ether oxygens (including phenoxy) is 1. The molecule has 3 unspecified atom stereocenters. The lowest BCUT2D eigenvalue weighted by Crippen LogP contribution is -2.72. The molecule has 13 atom stereocenters. The van der Waals surface area contributed by atoms with Crippen LogP contribution in [0.25, 0.3) is 0 Å². The normalized spacial score (nSPS) is 51.7. The van der Waals surface area contributed by atoms with E-state index in [4.69, 9.17) is 4.74 Å². The first-order valence-electron chi connectivity index (χ1n) is 16.8. The molecular weight excluding hydrogens is 556 g/mol. The minimum atomic E-state index is -0.989. The number of carbonyl (C=O) groups is 3. The van der Waals surface area contributed by atoms with Crippen molar-refractivity contribution in [2.75, 3.05) is 6.61 Å². The maximum absolute atomic E-state index is 14.6. The standard InChI is InChI=1S/C37H52O7/c1-32(20-38)17-23-30-24(40)16-26-33(2)14-13-27(41)35(4,21-39)25(33)12-15-36(26,5)37(30,6)18-28(42)34(23,3)19-29(32)44-31(43)22-10-8-7-9-11-22/h7-11,20,23,25-30,39,41-42H,12-19,21H2,1-6H3/t23-,25+,26+,27?,28?,29?,30-,32-,33-,34-,35-,36+,37+/m0/s1. The number of ketones is 1. The van der Waals surface area contributed by atoms with E-state index in [9.17, 15) is 29.7 Å². The molecule has 5 aliphatic carbocycles. The summed E-state index contributed by atoms with van der Waals surface area (Å²) in [5, 5.41) is 33.6. The molecule has 0 saturated heterocycles. The Hall–Kier alpha value is -2.09. The lowest BCUT2D eigenvalue weighted by Gasteiger charge is -2.73. The van der Waals surface area contributed by atoms with Crippen molar-refractivity contribution >= 4 is 18.0 Å². The Labute approximate surface area is 262 Å². The summed E-state index contributed by atoms with van der Waals surface area (Å²) >= 11 is 0. The fraction of sp³-hybridized carbons (Fsp3) is 0.757. The van der Waals surface area contributed by atoms with Gasteiger partial charge in [-0.2, -0.15) is 0 Å². The zero-order valence-corrected chi connectivity index (χ0v) is 27.3. The topological polar surface area (TPSA) is 121 Å². The van der Waals surface area contributed by atoms with Gasteiger partial charge < -0.3 is 24.9 Å². The molecule has 6 rings (SSSR count). The largest absolute Gasteiger partial charge is 0.458 e. The molecule has 5 fully saturated rings. The smallest absolute Gasteiger partial charge is 0.338 e. The Kier molecular flexibility index (Phi) is 7.39. The van der Waals surface area contributed by atoms with Gasteiger partial charge in [0.05, 0.1) is 29.8 Å². The fourth-order valence-corrected chi connectivity index (χ4v) is 12.0. The highest BCUT2D eigenvalue weighted by Crippen LogP contribution is 2.76. The zero-order chi connectivity index (χ0) is 32.1. The molecule has 44 heavy (non-hydrogen) atoms. The molecule has 0 radical (unpaired) electrons. The summed E-state index contributed by atoms with van der Waals surface area (Å²) in [6, 6.07) is 8.76. The summed E-state index contributed by atoms with van der Waals surface area (Å²) in [4.78, 5) is 40.6. The molecule has 1 aromatic carbocycles. The lowest BCUT2D eigenvalue weighted by atomic mass is 9.31. The van der Waals surface area contributed by atoms with Crippen molar-refractivity contribution in [3.05, 3.63) is 35.9 Å². The number of esters is 1. The summed E-state index contributed by atoms with van der Waals surface area (Å²) < 4.78 is 6.04. The van der Waals surface area contributed by atoms with Gasteiger partial charge in [0.1, 0.15) is 18.2 Å². The Morgan fingerprint density at radius 3 is 2.20 bits per heavy atom. The van der Waals surface area contributed by atoms with Gasteiger partial charge in [-0.05, 0) is 98.0 Å². The van der Waals surface area contributed by atoms with Gasteiger partial charge in [0.25, 0.3) is 0 Å². The van der Waals surface area contributed by atoms with Gasteiger partial charge in [-0.1, -0.05) is 52.8 Å². The minimum absolute atomic E-state index is 0.0676. The third-order valence-corrected chi connectivity index (χ3v) is 15.1. The van der Waals surface area contributed by atoms with Crippen LogP contribution in [0.2, 0.25) is 0 Å². The van der Waals surface area contributed by atoms with Gasteiger partial charge in [-0.25, -0.2) is 4.79 Å². The molecule has 0 aliphatic heterocycles. The van der Waals surface area contributed by atoms with E-state index in [1.165, 1.54) is 0 Å². The van der Waals surface area contributed by atoms with Gasteiger partial charge in [0, 0.05) is 23.2 Å². The van der Waals surface area contributed by atoms with Crippen molar-refractivity contribution in [1.82, 2.24) is 0 Å². The number of hydrogen-bond donors (Lipinski definition) is 3. The van der Waals surface area contributed by atoms with Crippen molar-refractivity contribution in [1.29, 1.82) is 0 Å². The number of aldehydes is 1. The van der Waals surface area contributed by atoms with E-state index in [-0.39, 0.29) is 46.9 Å². The first kappa shape index (κ1) is 31.9. The lowest BCUT2D eigenvalue weighted by molar-refractivity contribution is -0.269. The monoisotopic (exact) mass is 608 g/mol. The molecule has 3 N–H and O–H groups in total. The molecule has 7 nitrogen and oxygen atoms in total. The van der Waals surface area contributed by atoms with E-state index in [0.29, 0.717) is 37.7 Å². The van der Waals surface area contributed by atoms with Gasteiger partial charge in [-0.15, -0.1) is 0 Å². The number of Topliss-reactive ketones (excluding diaryl/α,β-unsaturated/α-hetero) is 1.